The minimum Gasteiger partial charge on any atom is -0.463 e. The lowest BCUT2D eigenvalue weighted by Gasteiger charge is -2.30. The van der Waals surface area contributed by atoms with E-state index in [1.165, 1.54) is 6.42 Å². The molecule has 0 spiro atoms. The van der Waals surface area contributed by atoms with Gasteiger partial charge in [-0.3, -0.25) is 9.89 Å². The number of aromatic amines is 1. The van der Waals surface area contributed by atoms with Crippen molar-refractivity contribution >= 4 is 5.91 Å². The van der Waals surface area contributed by atoms with Gasteiger partial charge in [0, 0.05) is 19.2 Å². The Bertz CT molecular complexity index is 559. The van der Waals surface area contributed by atoms with E-state index >= 15 is 0 Å². The Hall–Kier alpha value is -2.04. The summed E-state index contributed by atoms with van der Waals surface area (Å²) in [5.41, 5.74) is 1.19. The van der Waals surface area contributed by atoms with E-state index in [0.29, 0.717) is 17.4 Å². The quantitative estimate of drug-likeness (QED) is 0.901. The van der Waals surface area contributed by atoms with Gasteiger partial charge in [0.15, 0.2) is 11.5 Å². The highest BCUT2D eigenvalue weighted by Gasteiger charge is 2.24. The number of nitrogens with one attached hydrogen (secondary N) is 1. The van der Waals surface area contributed by atoms with Gasteiger partial charge in [0.05, 0.1) is 6.26 Å². The number of hydrogen-bond donors (Lipinski definition) is 1. The zero-order valence-corrected chi connectivity index (χ0v) is 10.9. The van der Waals surface area contributed by atoms with Crippen molar-refractivity contribution in [3.63, 3.8) is 0 Å². The lowest BCUT2D eigenvalue weighted by atomic mass is 10.00. The van der Waals surface area contributed by atoms with E-state index in [1.807, 2.05) is 17.0 Å². The number of likely N-dealkylation sites (tertiary alicyclic amines) is 1. The molecular formula is C14H17N3O2. The molecule has 1 saturated heterocycles. The first-order valence-corrected chi connectivity index (χ1v) is 6.62. The van der Waals surface area contributed by atoms with Gasteiger partial charge >= 0.3 is 0 Å². The van der Waals surface area contributed by atoms with E-state index in [0.717, 1.165) is 25.2 Å². The number of furan rings is 1. The Balaban J connectivity index is 1.77. The van der Waals surface area contributed by atoms with Gasteiger partial charge < -0.3 is 9.32 Å². The average Bonchev–Trinajstić information content (AvgIpc) is 3.08. The second-order valence-electron chi connectivity index (χ2n) is 5.14. The zero-order chi connectivity index (χ0) is 13.2. The van der Waals surface area contributed by atoms with Gasteiger partial charge in [-0.2, -0.15) is 5.10 Å². The third kappa shape index (κ3) is 2.41. The van der Waals surface area contributed by atoms with Gasteiger partial charge in [0.1, 0.15) is 5.69 Å². The van der Waals surface area contributed by atoms with Gasteiger partial charge in [-0.15, -0.1) is 0 Å². The molecule has 100 valence electrons. The molecule has 1 N–H and O–H groups in total. The van der Waals surface area contributed by atoms with E-state index in [1.54, 1.807) is 12.3 Å². The molecule has 2 aromatic heterocycles. The van der Waals surface area contributed by atoms with Crippen LogP contribution in [0.15, 0.2) is 28.9 Å². The molecule has 0 aliphatic carbocycles. The summed E-state index contributed by atoms with van der Waals surface area (Å²) in [5, 5.41) is 6.94. The normalized spacial score (nSPS) is 19.6. The molecule has 19 heavy (non-hydrogen) atoms. The topological polar surface area (TPSA) is 62.1 Å². The van der Waals surface area contributed by atoms with E-state index < -0.39 is 0 Å². The zero-order valence-electron chi connectivity index (χ0n) is 10.9. The molecule has 5 heteroatoms. The van der Waals surface area contributed by atoms with Crippen molar-refractivity contribution in [2.75, 3.05) is 13.1 Å². The molecule has 3 heterocycles. The second kappa shape index (κ2) is 4.91. The van der Waals surface area contributed by atoms with Crippen LogP contribution >= 0.6 is 0 Å². The highest BCUT2D eigenvalue weighted by atomic mass is 16.3. The van der Waals surface area contributed by atoms with Crippen molar-refractivity contribution in [1.29, 1.82) is 0 Å². The number of carbonyl (C=O) groups excluding carboxylic acids is 1. The number of hydrogen-bond acceptors (Lipinski definition) is 3. The lowest BCUT2D eigenvalue weighted by Crippen LogP contribution is -2.39. The molecule has 0 radical (unpaired) electrons. The van der Waals surface area contributed by atoms with Crippen molar-refractivity contribution in [2.45, 2.75) is 19.8 Å². The van der Waals surface area contributed by atoms with Crippen molar-refractivity contribution in [2.24, 2.45) is 5.92 Å². The maximum Gasteiger partial charge on any atom is 0.274 e. The maximum absolute atomic E-state index is 12.3. The fourth-order valence-corrected chi connectivity index (χ4v) is 2.53. The third-order valence-electron chi connectivity index (χ3n) is 3.53. The van der Waals surface area contributed by atoms with Gasteiger partial charge in [-0.05, 0) is 30.9 Å². The molecule has 1 unspecified atom stereocenters. The van der Waals surface area contributed by atoms with Gasteiger partial charge in [-0.1, -0.05) is 6.92 Å². The standard InChI is InChI=1S/C14H17N3O2/c1-10-4-2-6-17(9-10)14(18)12-8-11(15-16-12)13-5-3-7-19-13/h3,5,7-8,10H,2,4,6,9H2,1H3,(H,15,16). The molecule has 1 aliphatic heterocycles. The number of H-pyrrole nitrogens is 1. The van der Waals surface area contributed by atoms with E-state index in [9.17, 15) is 4.79 Å². The minimum atomic E-state index is 0.000561. The Labute approximate surface area is 111 Å². The summed E-state index contributed by atoms with van der Waals surface area (Å²) in [4.78, 5) is 14.2. The Morgan fingerprint density at radius 1 is 1.58 bits per heavy atom. The number of nitrogens with zero attached hydrogens (tertiary/aromatic N) is 2. The first kappa shape index (κ1) is 12.0. The van der Waals surface area contributed by atoms with Gasteiger partial charge in [0.2, 0.25) is 0 Å². The van der Waals surface area contributed by atoms with Crippen molar-refractivity contribution in [1.82, 2.24) is 15.1 Å². The van der Waals surface area contributed by atoms with Crippen molar-refractivity contribution in [3.8, 4) is 11.5 Å². The largest absolute Gasteiger partial charge is 0.463 e. The van der Waals surface area contributed by atoms with Crippen LogP contribution in [0, 0.1) is 5.92 Å². The minimum absolute atomic E-state index is 0.000561. The number of rotatable bonds is 2. The predicted octanol–water partition coefficient (Wildman–Crippen LogP) is 2.54. The summed E-state index contributed by atoms with van der Waals surface area (Å²) in [5.74, 6) is 1.26. The molecule has 0 aromatic carbocycles. The lowest BCUT2D eigenvalue weighted by molar-refractivity contribution is 0.0677. The summed E-state index contributed by atoms with van der Waals surface area (Å²) in [6.07, 6.45) is 3.87. The first-order valence-electron chi connectivity index (χ1n) is 6.62. The Morgan fingerprint density at radius 3 is 3.21 bits per heavy atom. The smallest absolute Gasteiger partial charge is 0.274 e. The maximum atomic E-state index is 12.3. The fraction of sp³-hybridized carbons (Fsp3) is 0.429. The van der Waals surface area contributed by atoms with Crippen molar-refractivity contribution < 1.29 is 9.21 Å². The molecule has 1 fully saturated rings. The number of piperidine rings is 1. The molecule has 1 atom stereocenters. The molecule has 0 saturated carbocycles. The van der Waals surface area contributed by atoms with Gasteiger partial charge in [0.25, 0.3) is 5.91 Å². The van der Waals surface area contributed by atoms with Crippen molar-refractivity contribution in [3.05, 3.63) is 30.2 Å². The number of aromatic nitrogens is 2. The monoisotopic (exact) mass is 259 g/mol. The summed E-state index contributed by atoms with van der Waals surface area (Å²) in [6, 6.07) is 5.40. The molecule has 2 aromatic rings. The molecule has 1 aliphatic rings. The van der Waals surface area contributed by atoms with E-state index in [-0.39, 0.29) is 5.91 Å². The van der Waals surface area contributed by atoms with Gasteiger partial charge in [-0.25, -0.2) is 0 Å². The van der Waals surface area contributed by atoms with Crippen LogP contribution in [0.5, 0.6) is 0 Å². The second-order valence-corrected chi connectivity index (χ2v) is 5.14. The summed E-state index contributed by atoms with van der Waals surface area (Å²) in [7, 11) is 0. The summed E-state index contributed by atoms with van der Waals surface area (Å²) >= 11 is 0. The van der Waals surface area contributed by atoms with E-state index in [2.05, 4.69) is 17.1 Å². The average molecular weight is 259 g/mol. The Kier molecular flexibility index (Phi) is 3.11. The highest BCUT2D eigenvalue weighted by Crippen LogP contribution is 2.21. The number of carbonyl (C=O) groups is 1. The summed E-state index contributed by atoms with van der Waals surface area (Å²) < 4.78 is 5.28. The first-order chi connectivity index (χ1) is 9.24. The third-order valence-corrected chi connectivity index (χ3v) is 3.53. The van der Waals surface area contributed by atoms with Crippen LogP contribution in [-0.2, 0) is 0 Å². The SMILES string of the molecule is CC1CCCN(C(=O)c2cc(-c3ccco3)[nH]n2)C1. The van der Waals surface area contributed by atoms with Crippen LogP contribution in [0.1, 0.15) is 30.3 Å². The molecule has 3 rings (SSSR count). The molecule has 5 nitrogen and oxygen atoms in total. The molecular weight excluding hydrogens is 242 g/mol. The fourth-order valence-electron chi connectivity index (χ4n) is 2.53. The predicted molar refractivity (Wildman–Crippen MR) is 70.6 cm³/mol. The van der Waals surface area contributed by atoms with Crippen LogP contribution in [0.3, 0.4) is 0 Å². The summed E-state index contributed by atoms with van der Waals surface area (Å²) in [6.45, 7) is 3.83. The van der Waals surface area contributed by atoms with Crippen LogP contribution in [0.2, 0.25) is 0 Å². The van der Waals surface area contributed by atoms with Crippen LogP contribution in [-0.4, -0.2) is 34.1 Å². The molecule has 1 amide bonds. The molecule has 0 bridgehead atoms. The van der Waals surface area contributed by atoms with E-state index in [4.69, 9.17) is 4.42 Å². The van der Waals surface area contributed by atoms with Crippen LogP contribution < -0.4 is 0 Å². The number of amides is 1. The highest BCUT2D eigenvalue weighted by molar-refractivity contribution is 5.93. The Morgan fingerprint density at radius 2 is 2.47 bits per heavy atom. The van der Waals surface area contributed by atoms with Crippen LogP contribution in [0.4, 0.5) is 0 Å². The van der Waals surface area contributed by atoms with Crippen LogP contribution in [0.25, 0.3) is 11.5 Å².